The van der Waals surface area contributed by atoms with Gasteiger partial charge in [-0.1, -0.05) is 12.1 Å². The van der Waals surface area contributed by atoms with Crippen LogP contribution in [0.4, 0.5) is 9.59 Å². The van der Waals surface area contributed by atoms with Gasteiger partial charge in [0.25, 0.3) is 0 Å². The van der Waals surface area contributed by atoms with E-state index in [9.17, 15) is 9.59 Å². The van der Waals surface area contributed by atoms with E-state index in [0.29, 0.717) is 6.54 Å². The smallest absolute Gasteiger partial charge is 0.414 e. The van der Waals surface area contributed by atoms with Gasteiger partial charge in [-0.15, -0.1) is 0 Å². The summed E-state index contributed by atoms with van der Waals surface area (Å²) in [7, 11) is 1.63. The summed E-state index contributed by atoms with van der Waals surface area (Å²) >= 11 is 0. The van der Waals surface area contributed by atoms with Gasteiger partial charge in [-0.2, -0.15) is 0 Å². The van der Waals surface area contributed by atoms with Crippen LogP contribution in [0.2, 0.25) is 0 Å². The van der Waals surface area contributed by atoms with E-state index in [2.05, 4.69) is 15.6 Å². The Kier molecular flexibility index (Phi) is 8.94. The molecule has 0 aliphatic rings. The molecule has 0 saturated heterocycles. The third-order valence-corrected chi connectivity index (χ3v) is 3.29. The molecule has 0 heterocycles. The van der Waals surface area contributed by atoms with E-state index in [1.54, 1.807) is 48.7 Å². The number of nitrogens with one attached hydrogen (secondary N) is 2. The first-order valence-corrected chi connectivity index (χ1v) is 9.55. The zero-order valence-corrected chi connectivity index (χ0v) is 18.4. The van der Waals surface area contributed by atoms with Gasteiger partial charge in [-0.3, -0.25) is 15.6 Å². The van der Waals surface area contributed by atoms with Crippen molar-refractivity contribution in [3.63, 3.8) is 0 Å². The number of carbonyl (C=O) groups excluding carboxylic acids is 2. The Labute approximate surface area is 173 Å². The van der Waals surface area contributed by atoms with Crippen LogP contribution in [0.15, 0.2) is 29.3 Å². The van der Waals surface area contributed by atoms with E-state index in [0.717, 1.165) is 24.2 Å². The van der Waals surface area contributed by atoms with Crippen LogP contribution in [0.5, 0.6) is 5.75 Å². The molecule has 1 rings (SSSR count). The number of alkyl carbamates (subject to hydrolysis) is 2. The molecular weight excluding hydrogens is 374 g/mol. The average Bonchev–Trinajstić information content (AvgIpc) is 2.55. The molecule has 2 amide bonds. The van der Waals surface area contributed by atoms with Crippen LogP contribution in [0.1, 0.15) is 53.5 Å². The second-order valence-electron chi connectivity index (χ2n) is 8.44. The lowest BCUT2D eigenvalue weighted by Crippen LogP contribution is -2.47. The maximum Gasteiger partial charge on any atom is 0.414 e. The Morgan fingerprint density at radius 3 is 1.79 bits per heavy atom. The maximum atomic E-state index is 12.0. The number of hydrogen-bond donors (Lipinski definition) is 2. The quantitative estimate of drug-likeness (QED) is 0.436. The van der Waals surface area contributed by atoms with E-state index in [-0.39, 0.29) is 5.96 Å². The minimum Gasteiger partial charge on any atom is -0.497 e. The number of rotatable bonds is 5. The molecule has 8 heteroatoms. The Morgan fingerprint density at radius 1 is 0.897 bits per heavy atom. The van der Waals surface area contributed by atoms with Gasteiger partial charge < -0.3 is 14.2 Å². The highest BCUT2D eigenvalue weighted by Gasteiger charge is 2.21. The Morgan fingerprint density at radius 2 is 1.38 bits per heavy atom. The fourth-order valence-corrected chi connectivity index (χ4v) is 2.18. The van der Waals surface area contributed by atoms with E-state index in [4.69, 9.17) is 14.2 Å². The summed E-state index contributed by atoms with van der Waals surface area (Å²) in [6.45, 7) is 10.9. The number of carbonyl (C=O) groups is 2. The van der Waals surface area contributed by atoms with Gasteiger partial charge in [0.2, 0.25) is 5.96 Å². The molecule has 0 aromatic heterocycles. The largest absolute Gasteiger partial charge is 0.497 e. The second kappa shape index (κ2) is 10.7. The van der Waals surface area contributed by atoms with Crippen molar-refractivity contribution in [1.29, 1.82) is 0 Å². The summed E-state index contributed by atoms with van der Waals surface area (Å²) in [5, 5.41) is 4.93. The van der Waals surface area contributed by atoms with E-state index >= 15 is 0 Å². The van der Waals surface area contributed by atoms with Gasteiger partial charge >= 0.3 is 12.2 Å². The number of methoxy groups -OCH3 is 1. The predicted molar refractivity (Wildman–Crippen MR) is 112 cm³/mol. The zero-order valence-electron chi connectivity index (χ0n) is 18.4. The molecule has 0 bridgehead atoms. The summed E-state index contributed by atoms with van der Waals surface area (Å²) in [6, 6.07) is 7.78. The van der Waals surface area contributed by atoms with Crippen molar-refractivity contribution in [2.75, 3.05) is 13.7 Å². The Bertz CT molecular complexity index is 669. The van der Waals surface area contributed by atoms with Gasteiger partial charge in [-0.25, -0.2) is 9.59 Å². The highest BCUT2D eigenvalue weighted by molar-refractivity contribution is 6.01. The maximum absolute atomic E-state index is 12.0. The van der Waals surface area contributed by atoms with Crippen LogP contribution in [-0.2, 0) is 15.9 Å². The highest BCUT2D eigenvalue weighted by Crippen LogP contribution is 2.12. The number of guanidine groups is 1. The molecule has 1 aromatic carbocycles. The summed E-state index contributed by atoms with van der Waals surface area (Å²) in [5.74, 6) is 0.792. The number of amides is 2. The molecule has 1 aromatic rings. The fourth-order valence-electron chi connectivity index (χ4n) is 2.18. The lowest BCUT2D eigenvalue weighted by atomic mass is 10.1. The van der Waals surface area contributed by atoms with Crippen molar-refractivity contribution >= 4 is 18.1 Å². The van der Waals surface area contributed by atoms with Gasteiger partial charge in [0.05, 0.1) is 7.11 Å². The Balaban J connectivity index is 2.69. The molecule has 2 N–H and O–H groups in total. The molecule has 0 aliphatic heterocycles. The third kappa shape index (κ3) is 11.6. The molecule has 162 valence electrons. The molecule has 8 nitrogen and oxygen atoms in total. The van der Waals surface area contributed by atoms with Crippen LogP contribution in [-0.4, -0.2) is 43.0 Å². The molecule has 0 spiro atoms. The van der Waals surface area contributed by atoms with Gasteiger partial charge in [0, 0.05) is 6.54 Å². The molecular formula is C21H33N3O5. The van der Waals surface area contributed by atoms with E-state index in [1.807, 2.05) is 24.3 Å². The van der Waals surface area contributed by atoms with E-state index in [1.165, 1.54) is 0 Å². The highest BCUT2D eigenvalue weighted by atomic mass is 16.6. The normalized spacial score (nSPS) is 11.3. The van der Waals surface area contributed by atoms with Crippen LogP contribution < -0.4 is 15.4 Å². The number of aliphatic imine (C=N–C) groups is 1. The van der Waals surface area contributed by atoms with Crippen LogP contribution in [0, 0.1) is 0 Å². The molecule has 0 atom stereocenters. The summed E-state index contributed by atoms with van der Waals surface area (Å²) in [6.07, 6.45) is 0.103. The number of hydrogen-bond acceptors (Lipinski definition) is 6. The summed E-state index contributed by atoms with van der Waals surface area (Å²) in [4.78, 5) is 28.3. The van der Waals surface area contributed by atoms with Gasteiger partial charge in [-0.05, 0) is 72.1 Å². The second-order valence-corrected chi connectivity index (χ2v) is 8.44. The molecule has 29 heavy (non-hydrogen) atoms. The average molecular weight is 408 g/mol. The SMILES string of the molecule is COc1ccc(CCCN=C(NC(=O)OC(C)(C)C)NC(=O)OC(C)(C)C)cc1. The zero-order chi connectivity index (χ0) is 22.1. The number of nitrogens with zero attached hydrogens (tertiary/aromatic N) is 1. The minimum atomic E-state index is -0.706. The first-order valence-electron chi connectivity index (χ1n) is 9.55. The Hall–Kier alpha value is -2.77. The van der Waals surface area contributed by atoms with Crippen molar-refractivity contribution in [3.8, 4) is 5.75 Å². The minimum absolute atomic E-state index is 0.0109. The number of benzene rings is 1. The topological polar surface area (TPSA) is 98.3 Å². The standard InChI is InChI=1S/C21H33N3O5/c1-20(2,3)28-18(25)23-17(24-19(26)29-21(4,5)6)22-14-8-9-15-10-12-16(27-7)13-11-15/h10-13H,8-9,14H2,1-7H3,(H2,22,23,24,25,26). The van der Waals surface area contributed by atoms with E-state index < -0.39 is 23.4 Å². The summed E-state index contributed by atoms with van der Waals surface area (Å²) in [5.41, 5.74) is -0.201. The molecule has 0 fully saturated rings. The van der Waals surface area contributed by atoms with Crippen molar-refractivity contribution in [2.24, 2.45) is 4.99 Å². The first-order chi connectivity index (χ1) is 13.4. The molecule has 0 aliphatic carbocycles. The van der Waals surface area contributed by atoms with Crippen LogP contribution in [0.25, 0.3) is 0 Å². The van der Waals surface area contributed by atoms with Crippen molar-refractivity contribution in [2.45, 2.75) is 65.6 Å². The first kappa shape index (κ1) is 24.3. The lowest BCUT2D eigenvalue weighted by Gasteiger charge is -2.22. The number of aryl methyl sites for hydroxylation is 1. The van der Waals surface area contributed by atoms with Crippen LogP contribution >= 0.6 is 0 Å². The molecule has 0 saturated carbocycles. The molecule has 0 unspecified atom stereocenters. The van der Waals surface area contributed by atoms with Crippen LogP contribution in [0.3, 0.4) is 0 Å². The fraction of sp³-hybridized carbons (Fsp3) is 0.571. The lowest BCUT2D eigenvalue weighted by molar-refractivity contribution is 0.0545. The molecule has 0 radical (unpaired) electrons. The summed E-state index contributed by atoms with van der Waals surface area (Å²) < 4.78 is 15.6. The van der Waals surface area contributed by atoms with Crippen molar-refractivity contribution < 1.29 is 23.8 Å². The van der Waals surface area contributed by atoms with Gasteiger partial charge in [0.1, 0.15) is 17.0 Å². The predicted octanol–water partition coefficient (Wildman–Crippen LogP) is 4.03. The van der Waals surface area contributed by atoms with Crippen molar-refractivity contribution in [3.05, 3.63) is 29.8 Å². The third-order valence-electron chi connectivity index (χ3n) is 3.29. The van der Waals surface area contributed by atoms with Crippen molar-refractivity contribution in [1.82, 2.24) is 10.6 Å². The monoisotopic (exact) mass is 407 g/mol. The van der Waals surface area contributed by atoms with Gasteiger partial charge in [0.15, 0.2) is 0 Å². The number of ether oxygens (including phenoxy) is 3.